The lowest BCUT2D eigenvalue weighted by molar-refractivity contribution is -0.274. The number of hydrogen-bond donors (Lipinski definition) is 2. The molecule has 0 aliphatic carbocycles. The molecule has 0 saturated carbocycles. The van der Waals surface area contributed by atoms with Crippen LogP contribution in [0.3, 0.4) is 0 Å². The Morgan fingerprint density at radius 3 is 2.38 bits per heavy atom. The highest BCUT2D eigenvalue weighted by Gasteiger charge is 2.57. The smallest absolute Gasteiger partial charge is 0.481 e. The molecule has 2 aliphatic rings. The van der Waals surface area contributed by atoms with E-state index in [1.165, 1.54) is 29.2 Å². The fourth-order valence-corrected chi connectivity index (χ4v) is 5.78. The highest BCUT2D eigenvalue weighted by atomic mass is 19.4. The van der Waals surface area contributed by atoms with Crippen LogP contribution in [-0.2, 0) is 29.0 Å². The first kappa shape index (κ1) is 29.0. The van der Waals surface area contributed by atoms with Gasteiger partial charge in [-0.1, -0.05) is 24.3 Å². The molecular weight excluding hydrogens is 553 g/mol. The van der Waals surface area contributed by atoms with Crippen LogP contribution in [0, 0.1) is 0 Å². The second-order valence-electron chi connectivity index (χ2n) is 10.6. The number of imide groups is 1. The number of rotatable bonds is 10. The number of amides is 3. The van der Waals surface area contributed by atoms with Gasteiger partial charge in [0.05, 0.1) is 6.42 Å². The van der Waals surface area contributed by atoms with Gasteiger partial charge >= 0.3 is 18.4 Å². The summed E-state index contributed by atoms with van der Waals surface area (Å²) in [5, 5.41) is 9.16. The SMILES string of the molecule is O=C(O)Cc1cccc(N2CCC3(CC2)C(=O)N(CCCc2ccc[nH]2)C(=O)N3Cc2ccc(OC(F)(F)F)cc2)c1. The Morgan fingerprint density at radius 1 is 1.00 bits per heavy atom. The highest BCUT2D eigenvalue weighted by Crippen LogP contribution is 2.40. The first-order valence-electron chi connectivity index (χ1n) is 13.7. The number of aromatic nitrogens is 1. The lowest BCUT2D eigenvalue weighted by atomic mass is 9.85. The van der Waals surface area contributed by atoms with Crippen LogP contribution in [0.5, 0.6) is 5.75 Å². The van der Waals surface area contributed by atoms with Crippen LogP contribution >= 0.6 is 0 Å². The van der Waals surface area contributed by atoms with Crippen LogP contribution in [0.25, 0.3) is 0 Å². The van der Waals surface area contributed by atoms with Crippen molar-refractivity contribution in [3.8, 4) is 5.75 Å². The molecule has 0 atom stereocenters. The van der Waals surface area contributed by atoms with Gasteiger partial charge in [-0.2, -0.15) is 0 Å². The Balaban J connectivity index is 1.35. The van der Waals surface area contributed by atoms with E-state index in [-0.39, 0.29) is 31.2 Å². The molecule has 222 valence electrons. The van der Waals surface area contributed by atoms with Crippen molar-refractivity contribution in [1.82, 2.24) is 14.8 Å². The standard InChI is InChI=1S/C30H31F3N4O5/c31-30(32,33)42-25-10-8-21(9-11-25)20-37-28(41)36(15-3-6-23-5-2-14-34-23)27(40)29(37)12-16-35(17-13-29)24-7-1-4-22(18-24)19-26(38)39/h1-2,4-5,7-11,14,18,34H,3,6,12-13,15-17,19-20H2,(H,38,39). The number of hydrogen-bond acceptors (Lipinski definition) is 5. The molecule has 0 bridgehead atoms. The maximum absolute atomic E-state index is 13.9. The summed E-state index contributed by atoms with van der Waals surface area (Å²) in [6, 6.07) is 16.0. The van der Waals surface area contributed by atoms with E-state index in [9.17, 15) is 27.6 Å². The minimum Gasteiger partial charge on any atom is -0.481 e. The van der Waals surface area contributed by atoms with E-state index in [1.807, 2.05) is 30.5 Å². The van der Waals surface area contributed by atoms with E-state index in [1.54, 1.807) is 17.0 Å². The topological polar surface area (TPSA) is 106 Å². The van der Waals surface area contributed by atoms with Crippen molar-refractivity contribution in [3.63, 3.8) is 0 Å². The van der Waals surface area contributed by atoms with E-state index in [2.05, 4.69) is 14.6 Å². The zero-order valence-corrected chi connectivity index (χ0v) is 22.8. The Bertz CT molecular complexity index is 1420. The fraction of sp³-hybridized carbons (Fsp3) is 0.367. The normalized spacial score (nSPS) is 16.9. The molecule has 3 heterocycles. The van der Waals surface area contributed by atoms with E-state index in [0.717, 1.165) is 11.4 Å². The van der Waals surface area contributed by atoms with E-state index in [4.69, 9.17) is 5.11 Å². The predicted molar refractivity (Wildman–Crippen MR) is 147 cm³/mol. The van der Waals surface area contributed by atoms with Gasteiger partial charge in [-0.15, -0.1) is 13.2 Å². The molecule has 0 radical (unpaired) electrons. The number of aliphatic carboxylic acids is 1. The Morgan fingerprint density at radius 2 is 1.74 bits per heavy atom. The summed E-state index contributed by atoms with van der Waals surface area (Å²) in [7, 11) is 0. The third-order valence-electron chi connectivity index (χ3n) is 7.83. The number of anilines is 1. The molecule has 2 saturated heterocycles. The molecule has 2 N–H and O–H groups in total. The van der Waals surface area contributed by atoms with E-state index < -0.39 is 23.9 Å². The number of aromatic amines is 1. The largest absolute Gasteiger partial charge is 0.573 e. The Kier molecular flexibility index (Phi) is 8.15. The van der Waals surface area contributed by atoms with Crippen LogP contribution in [0.1, 0.15) is 36.1 Å². The monoisotopic (exact) mass is 584 g/mol. The van der Waals surface area contributed by atoms with Crippen molar-refractivity contribution < 1.29 is 37.4 Å². The number of carboxylic acid groups (broad SMARTS) is 1. The number of carbonyl (C=O) groups is 3. The van der Waals surface area contributed by atoms with Crippen molar-refractivity contribution in [2.24, 2.45) is 0 Å². The number of carbonyl (C=O) groups excluding carboxylic acids is 2. The quantitative estimate of drug-likeness (QED) is 0.326. The summed E-state index contributed by atoms with van der Waals surface area (Å²) in [5.41, 5.74) is 1.98. The zero-order valence-electron chi connectivity index (χ0n) is 22.8. The van der Waals surface area contributed by atoms with Gasteiger partial charge in [0.1, 0.15) is 11.3 Å². The molecule has 3 amide bonds. The van der Waals surface area contributed by atoms with Crippen LogP contribution in [0.4, 0.5) is 23.7 Å². The average Bonchev–Trinajstić information content (AvgIpc) is 3.52. The van der Waals surface area contributed by atoms with Crippen molar-refractivity contribution in [3.05, 3.63) is 83.7 Å². The van der Waals surface area contributed by atoms with Gasteiger partial charge in [0, 0.05) is 43.8 Å². The minimum absolute atomic E-state index is 0.0537. The minimum atomic E-state index is -4.81. The highest BCUT2D eigenvalue weighted by molar-refractivity contribution is 6.07. The summed E-state index contributed by atoms with van der Waals surface area (Å²) in [5.74, 6) is -1.56. The summed E-state index contributed by atoms with van der Waals surface area (Å²) in [4.78, 5) is 46.9. The Hall–Kier alpha value is -4.48. The first-order valence-corrected chi connectivity index (χ1v) is 13.7. The second-order valence-corrected chi connectivity index (χ2v) is 10.6. The molecule has 42 heavy (non-hydrogen) atoms. The van der Waals surface area contributed by atoms with Crippen molar-refractivity contribution >= 4 is 23.6 Å². The number of nitrogens with one attached hydrogen (secondary N) is 1. The Labute approximate surface area is 240 Å². The van der Waals surface area contributed by atoms with Crippen molar-refractivity contribution in [2.45, 2.75) is 50.6 Å². The number of aryl methyl sites for hydroxylation is 1. The number of ether oxygens (including phenoxy) is 1. The molecular formula is C30H31F3N4O5. The van der Waals surface area contributed by atoms with E-state index in [0.29, 0.717) is 49.9 Å². The molecule has 3 aromatic rings. The second kappa shape index (κ2) is 11.8. The number of halogens is 3. The molecule has 1 spiro atoms. The molecule has 2 fully saturated rings. The lowest BCUT2D eigenvalue weighted by Crippen LogP contribution is -2.56. The van der Waals surface area contributed by atoms with Gasteiger partial charge in [-0.25, -0.2) is 4.79 Å². The molecule has 1 aromatic heterocycles. The number of nitrogens with zero attached hydrogens (tertiary/aromatic N) is 3. The van der Waals surface area contributed by atoms with Crippen molar-refractivity contribution in [1.29, 1.82) is 0 Å². The van der Waals surface area contributed by atoms with Gasteiger partial charge < -0.3 is 24.6 Å². The molecule has 12 heteroatoms. The average molecular weight is 585 g/mol. The van der Waals surface area contributed by atoms with E-state index >= 15 is 0 Å². The summed E-state index contributed by atoms with van der Waals surface area (Å²) in [6.07, 6.45) is -1.16. The third-order valence-corrected chi connectivity index (χ3v) is 7.83. The number of benzene rings is 2. The number of carboxylic acids is 1. The van der Waals surface area contributed by atoms with Gasteiger partial charge in [-0.05, 0) is 73.2 Å². The third kappa shape index (κ3) is 6.37. The molecule has 2 aromatic carbocycles. The van der Waals surface area contributed by atoms with Crippen molar-refractivity contribution in [2.75, 3.05) is 24.5 Å². The molecule has 5 rings (SSSR count). The van der Waals surface area contributed by atoms with Crippen LogP contribution in [0.2, 0.25) is 0 Å². The van der Waals surface area contributed by atoms with Gasteiger partial charge in [0.15, 0.2) is 0 Å². The summed E-state index contributed by atoms with van der Waals surface area (Å²) in [6.45, 7) is 1.22. The lowest BCUT2D eigenvalue weighted by Gasteiger charge is -2.43. The van der Waals surface area contributed by atoms with Crippen LogP contribution in [0.15, 0.2) is 66.9 Å². The van der Waals surface area contributed by atoms with Gasteiger partial charge in [0.25, 0.3) is 5.91 Å². The molecule has 2 aliphatic heterocycles. The fourth-order valence-electron chi connectivity index (χ4n) is 5.78. The van der Waals surface area contributed by atoms with Gasteiger partial charge in [-0.3, -0.25) is 14.5 Å². The maximum Gasteiger partial charge on any atom is 0.573 e. The summed E-state index contributed by atoms with van der Waals surface area (Å²) < 4.78 is 41.8. The van der Waals surface area contributed by atoms with Crippen LogP contribution < -0.4 is 9.64 Å². The predicted octanol–water partition coefficient (Wildman–Crippen LogP) is 4.98. The molecule has 9 nitrogen and oxygen atoms in total. The number of piperidine rings is 1. The zero-order chi connectivity index (χ0) is 29.9. The summed E-state index contributed by atoms with van der Waals surface area (Å²) >= 11 is 0. The maximum atomic E-state index is 13.9. The first-order chi connectivity index (χ1) is 20.0. The number of urea groups is 1. The van der Waals surface area contributed by atoms with Crippen LogP contribution in [-0.4, -0.2) is 69.3 Å². The molecule has 0 unspecified atom stereocenters. The number of alkyl halides is 3. The number of H-pyrrole nitrogens is 1. The van der Waals surface area contributed by atoms with Gasteiger partial charge in [0.2, 0.25) is 0 Å².